The average Bonchev–Trinajstić information content (AvgIpc) is 3.05. The van der Waals surface area contributed by atoms with Gasteiger partial charge in [-0.15, -0.1) is 0 Å². The van der Waals surface area contributed by atoms with Crippen LogP contribution in [0.5, 0.6) is 0 Å². The fourth-order valence-corrected chi connectivity index (χ4v) is 5.48. The summed E-state index contributed by atoms with van der Waals surface area (Å²) in [7, 11) is -4.02. The minimum Gasteiger partial charge on any atom is -0.330 e. The summed E-state index contributed by atoms with van der Waals surface area (Å²) in [5.41, 5.74) is 13.1. The van der Waals surface area contributed by atoms with Crippen LogP contribution in [0.2, 0.25) is 0 Å². The summed E-state index contributed by atoms with van der Waals surface area (Å²) in [4.78, 5) is 39.1. The van der Waals surface area contributed by atoms with Gasteiger partial charge in [0.25, 0.3) is 10.1 Å². The van der Waals surface area contributed by atoms with Crippen LogP contribution in [0, 0.1) is 24.7 Å². The van der Waals surface area contributed by atoms with E-state index in [0.29, 0.717) is 32.2 Å². The quantitative estimate of drug-likeness (QED) is 0.0868. The van der Waals surface area contributed by atoms with E-state index in [0.717, 1.165) is 23.1 Å². The van der Waals surface area contributed by atoms with Crippen molar-refractivity contribution in [2.75, 3.05) is 6.54 Å². The Balaban J connectivity index is 0.000000587. The fraction of sp³-hybridized carbons (Fsp3) is 0.400. The first-order valence-corrected chi connectivity index (χ1v) is 17.2. The third-order valence-corrected chi connectivity index (χ3v) is 8.33. The van der Waals surface area contributed by atoms with E-state index in [1.807, 2.05) is 81.4 Å². The summed E-state index contributed by atoms with van der Waals surface area (Å²) >= 11 is 0. The molecule has 0 aliphatic rings. The second kappa shape index (κ2) is 20.2. The molecule has 3 aromatic rings. The zero-order valence-electron chi connectivity index (χ0n) is 27.3. The van der Waals surface area contributed by atoms with Gasteiger partial charge >= 0.3 is 0 Å². The third kappa shape index (κ3) is 14.5. The Morgan fingerprint density at radius 3 is 1.91 bits per heavy atom. The van der Waals surface area contributed by atoms with Gasteiger partial charge in [0.1, 0.15) is 0 Å². The topological polar surface area (TPSA) is 179 Å². The van der Waals surface area contributed by atoms with E-state index >= 15 is 0 Å². The van der Waals surface area contributed by atoms with E-state index in [1.165, 1.54) is 17.1 Å². The molecule has 0 unspecified atom stereocenters. The highest BCUT2D eigenvalue weighted by atomic mass is 32.2. The maximum Gasteiger partial charge on any atom is 0.294 e. The highest BCUT2D eigenvalue weighted by Gasteiger charge is 2.35. The van der Waals surface area contributed by atoms with Crippen molar-refractivity contribution in [1.82, 2.24) is 15.9 Å². The minimum atomic E-state index is -4.02. The van der Waals surface area contributed by atoms with Gasteiger partial charge < -0.3 is 5.73 Å². The molecule has 0 aliphatic carbocycles. The predicted molar refractivity (Wildman–Crippen MR) is 180 cm³/mol. The number of hydrazine groups is 1. The van der Waals surface area contributed by atoms with Crippen LogP contribution < -0.4 is 16.6 Å². The van der Waals surface area contributed by atoms with Crippen LogP contribution in [0.1, 0.15) is 62.6 Å². The molecule has 12 heteroatoms. The molecule has 2 atom stereocenters. The van der Waals surface area contributed by atoms with E-state index in [-0.39, 0.29) is 29.7 Å². The fourth-order valence-electron chi connectivity index (χ4n) is 5.00. The molecule has 0 heterocycles. The summed E-state index contributed by atoms with van der Waals surface area (Å²) in [6.45, 7) is 6.37. The van der Waals surface area contributed by atoms with E-state index in [4.69, 9.17) is 10.3 Å². The van der Waals surface area contributed by atoms with Gasteiger partial charge in [-0.2, -0.15) is 8.42 Å². The first-order valence-electron chi connectivity index (χ1n) is 15.7. The van der Waals surface area contributed by atoms with Crippen LogP contribution >= 0.6 is 0 Å². The molecule has 6 N–H and O–H groups in total. The Hall–Kier alpha value is -4.10. The van der Waals surface area contributed by atoms with Crippen molar-refractivity contribution in [3.8, 4) is 0 Å². The van der Waals surface area contributed by atoms with Gasteiger partial charge in [-0.3, -0.25) is 29.6 Å². The number of aryl methyl sites for hydroxylation is 2. The molecule has 0 aromatic heterocycles. The summed E-state index contributed by atoms with van der Waals surface area (Å²) in [5.74, 6) is -2.57. The van der Waals surface area contributed by atoms with Crippen molar-refractivity contribution in [2.24, 2.45) is 23.5 Å². The standard InChI is InChI=1S/C28H40N4O4.C7H8O3S/c1-21(2)19-25(24(28(35)31-36)16-9-15-22-11-5-3-6-12-22)27(34)30-32(26(33)17-10-18-29)20-23-13-7-4-8-14-23;1-6-2-4-7(5-3-6)11(8,9)10/h3-8,11-14,21,24-25,36H,9-10,15-20,29H2,1-2H3,(H,30,34)(H,31,35);2-5H,1H3,(H,8,9,10)/t24-,25+;/m0./s1. The summed E-state index contributed by atoms with van der Waals surface area (Å²) in [6.07, 6.45) is 2.99. The Bertz CT molecular complexity index is 1490. The highest BCUT2D eigenvalue weighted by Crippen LogP contribution is 2.27. The number of hydrogen-bond donors (Lipinski definition) is 5. The van der Waals surface area contributed by atoms with Crippen molar-refractivity contribution >= 4 is 27.8 Å². The molecule has 256 valence electrons. The molecular weight excluding hydrogens is 620 g/mol. The second-order valence-electron chi connectivity index (χ2n) is 11.8. The van der Waals surface area contributed by atoms with E-state index in [1.54, 1.807) is 17.6 Å². The van der Waals surface area contributed by atoms with Crippen molar-refractivity contribution in [3.05, 3.63) is 102 Å². The van der Waals surface area contributed by atoms with Crippen LogP contribution in [-0.2, 0) is 37.5 Å². The van der Waals surface area contributed by atoms with Crippen LogP contribution in [0.4, 0.5) is 0 Å². The number of nitrogens with one attached hydrogen (secondary N) is 2. The number of carbonyl (C=O) groups is 3. The third-order valence-electron chi connectivity index (χ3n) is 7.46. The van der Waals surface area contributed by atoms with E-state index in [9.17, 15) is 28.0 Å². The summed E-state index contributed by atoms with van der Waals surface area (Å²) < 4.78 is 29.6. The van der Waals surface area contributed by atoms with Gasteiger partial charge in [-0.1, -0.05) is 92.2 Å². The summed E-state index contributed by atoms with van der Waals surface area (Å²) in [6, 6.07) is 25.3. The number of rotatable bonds is 15. The molecule has 3 amide bonds. The zero-order valence-corrected chi connectivity index (χ0v) is 28.2. The van der Waals surface area contributed by atoms with Gasteiger partial charge in [0, 0.05) is 6.42 Å². The van der Waals surface area contributed by atoms with Crippen molar-refractivity contribution < 1.29 is 32.6 Å². The highest BCUT2D eigenvalue weighted by molar-refractivity contribution is 7.85. The van der Waals surface area contributed by atoms with Crippen LogP contribution in [0.25, 0.3) is 0 Å². The first kappa shape index (κ1) is 39.1. The van der Waals surface area contributed by atoms with Crippen molar-refractivity contribution in [3.63, 3.8) is 0 Å². The largest absolute Gasteiger partial charge is 0.330 e. The molecule has 0 saturated heterocycles. The monoisotopic (exact) mass is 668 g/mol. The van der Waals surface area contributed by atoms with Crippen molar-refractivity contribution in [2.45, 2.75) is 70.7 Å². The smallest absolute Gasteiger partial charge is 0.294 e. The molecule has 11 nitrogen and oxygen atoms in total. The molecule has 0 spiro atoms. The maximum absolute atomic E-state index is 13.6. The predicted octanol–water partition coefficient (Wildman–Crippen LogP) is 4.83. The number of nitrogens with two attached hydrogens (primary N) is 1. The van der Waals surface area contributed by atoms with Gasteiger partial charge in [-0.25, -0.2) is 10.5 Å². The molecule has 0 radical (unpaired) electrons. The molecule has 0 fully saturated rings. The van der Waals surface area contributed by atoms with Crippen molar-refractivity contribution in [1.29, 1.82) is 0 Å². The van der Waals surface area contributed by atoms with E-state index in [2.05, 4.69) is 5.43 Å². The lowest BCUT2D eigenvalue weighted by Crippen LogP contribution is -2.50. The normalized spacial score (nSPS) is 12.3. The number of amides is 3. The molecule has 3 rings (SSSR count). The lowest BCUT2D eigenvalue weighted by Gasteiger charge is -2.30. The first-order chi connectivity index (χ1) is 22.3. The average molecular weight is 669 g/mol. The Morgan fingerprint density at radius 2 is 1.40 bits per heavy atom. The Kier molecular flexibility index (Phi) is 16.8. The lowest BCUT2D eigenvalue weighted by atomic mass is 9.81. The summed E-state index contributed by atoms with van der Waals surface area (Å²) in [5, 5.41) is 10.8. The Labute approximate surface area is 278 Å². The maximum atomic E-state index is 13.6. The van der Waals surface area contributed by atoms with E-state index < -0.39 is 33.8 Å². The number of nitrogens with zero attached hydrogens (tertiary/aromatic N) is 1. The molecule has 0 saturated carbocycles. The van der Waals surface area contributed by atoms with Gasteiger partial charge in [0.2, 0.25) is 17.7 Å². The van der Waals surface area contributed by atoms with Gasteiger partial charge in [0.15, 0.2) is 0 Å². The number of hydroxylamine groups is 1. The number of carbonyl (C=O) groups excluding carboxylic acids is 3. The van der Waals surface area contributed by atoms with Gasteiger partial charge in [0.05, 0.1) is 23.3 Å². The molecule has 0 bridgehead atoms. The molecule has 0 aliphatic heterocycles. The van der Waals surface area contributed by atoms with Gasteiger partial charge in [-0.05, 0) is 74.8 Å². The van der Waals surface area contributed by atoms with Crippen LogP contribution in [0.3, 0.4) is 0 Å². The molecular formula is C35H48N4O7S. The number of hydrogen-bond acceptors (Lipinski definition) is 7. The van der Waals surface area contributed by atoms with Crippen LogP contribution in [0.15, 0.2) is 89.8 Å². The SMILES string of the molecule is CC(C)C[C@@H](C(=O)NN(Cc1ccccc1)C(=O)CCCN)[C@H](CCCc1ccccc1)C(=O)NO.Cc1ccc(S(=O)(=O)O)cc1. The lowest BCUT2D eigenvalue weighted by molar-refractivity contribution is -0.148. The van der Waals surface area contributed by atoms with Crippen LogP contribution in [-0.4, -0.2) is 47.5 Å². The number of benzene rings is 3. The minimum absolute atomic E-state index is 0.0666. The molecule has 3 aromatic carbocycles. The Morgan fingerprint density at radius 1 is 0.830 bits per heavy atom. The zero-order chi connectivity index (χ0) is 34.8. The molecule has 47 heavy (non-hydrogen) atoms. The second-order valence-corrected chi connectivity index (χ2v) is 13.2.